The van der Waals surface area contributed by atoms with E-state index in [1.165, 1.54) is 0 Å². The van der Waals surface area contributed by atoms with E-state index in [9.17, 15) is 19.5 Å². The molecule has 1 aliphatic rings. The summed E-state index contributed by atoms with van der Waals surface area (Å²) in [4.78, 5) is 36.3. The predicted octanol–water partition coefficient (Wildman–Crippen LogP) is 3.88. The summed E-state index contributed by atoms with van der Waals surface area (Å²) in [7, 11) is 6.18. The number of carbonyl (C=O) groups excluding carboxylic acids is 2. The van der Waals surface area contributed by atoms with Crippen molar-refractivity contribution in [3.8, 4) is 16.9 Å². The molecule has 0 bridgehead atoms. The first-order chi connectivity index (χ1) is 25.6. The molecule has 3 N–H and O–H groups in total. The summed E-state index contributed by atoms with van der Waals surface area (Å²) in [6.07, 6.45) is 0.154. The van der Waals surface area contributed by atoms with Gasteiger partial charge < -0.3 is 48.6 Å². The van der Waals surface area contributed by atoms with E-state index in [1.807, 2.05) is 36.4 Å². The normalized spacial score (nSPS) is 12.8. The van der Waals surface area contributed by atoms with E-state index in [1.54, 1.807) is 24.3 Å². The molecule has 13 heteroatoms. The molecule has 288 valence electrons. The highest BCUT2D eigenvalue weighted by Gasteiger charge is 2.30. The fourth-order valence-electron chi connectivity index (χ4n) is 5.68. The van der Waals surface area contributed by atoms with Crippen LogP contribution in [-0.2, 0) is 39.7 Å². The smallest absolute Gasteiger partial charge is 0.407 e. The van der Waals surface area contributed by atoms with E-state index in [-0.39, 0.29) is 32.2 Å². The Morgan fingerprint density at radius 1 is 0.736 bits per heavy atom. The second kappa shape index (κ2) is 21.9. The third kappa shape index (κ3) is 14.8. The molecule has 0 saturated heterocycles. The lowest BCUT2D eigenvalue weighted by atomic mass is 9.98. The van der Waals surface area contributed by atoms with Gasteiger partial charge in [-0.15, -0.1) is 0 Å². The van der Waals surface area contributed by atoms with Crippen molar-refractivity contribution >= 4 is 18.0 Å². The van der Waals surface area contributed by atoms with Crippen LogP contribution >= 0.6 is 0 Å². The molecule has 0 aromatic heterocycles. The van der Waals surface area contributed by atoms with Gasteiger partial charge in [-0.05, 0) is 52.9 Å². The van der Waals surface area contributed by atoms with Crippen molar-refractivity contribution in [2.24, 2.45) is 0 Å². The van der Waals surface area contributed by atoms with E-state index in [0.29, 0.717) is 51.9 Å². The van der Waals surface area contributed by atoms with Gasteiger partial charge in [0.05, 0.1) is 47.6 Å². The Morgan fingerprint density at radius 3 is 2.04 bits per heavy atom. The zero-order chi connectivity index (χ0) is 37.9. The molecule has 3 aromatic carbocycles. The Morgan fingerprint density at radius 2 is 1.38 bits per heavy atom. The van der Waals surface area contributed by atoms with Gasteiger partial charge in [-0.3, -0.25) is 0 Å². The van der Waals surface area contributed by atoms with Crippen molar-refractivity contribution < 1.29 is 52.4 Å². The Labute approximate surface area is 312 Å². The molecule has 0 radical (unpaired) electrons. The number of nitrogens with zero attached hydrogens (tertiary/aromatic N) is 1. The second-order valence-electron chi connectivity index (χ2n) is 13.7. The lowest BCUT2D eigenvalue weighted by molar-refractivity contribution is -0.870. The molecule has 0 spiro atoms. The van der Waals surface area contributed by atoms with Crippen LogP contribution in [0.4, 0.5) is 4.79 Å². The average Bonchev–Trinajstić information content (AvgIpc) is 3.46. The van der Waals surface area contributed by atoms with E-state index in [2.05, 4.69) is 43.9 Å². The molecule has 0 heterocycles. The van der Waals surface area contributed by atoms with Crippen LogP contribution in [0.15, 0.2) is 72.8 Å². The van der Waals surface area contributed by atoms with Gasteiger partial charge in [-0.25, -0.2) is 14.4 Å². The van der Waals surface area contributed by atoms with Crippen molar-refractivity contribution in [3.05, 3.63) is 89.5 Å². The zero-order valence-electron chi connectivity index (χ0n) is 31.1. The van der Waals surface area contributed by atoms with Gasteiger partial charge in [0.2, 0.25) is 0 Å². The molecule has 1 aliphatic carbocycles. The first kappa shape index (κ1) is 41.2. The largest absolute Gasteiger partial charge is 0.492 e. The summed E-state index contributed by atoms with van der Waals surface area (Å²) >= 11 is 0. The second-order valence-corrected chi connectivity index (χ2v) is 13.7. The maximum atomic E-state index is 12.7. The van der Waals surface area contributed by atoms with Gasteiger partial charge in [0, 0.05) is 25.5 Å². The van der Waals surface area contributed by atoms with E-state index >= 15 is 0 Å². The lowest BCUT2D eigenvalue weighted by Gasteiger charge is -2.23. The average molecular weight is 737 g/mol. The number of carbonyl (C=O) groups is 3. The first-order valence-electron chi connectivity index (χ1n) is 18.1. The minimum Gasteiger partial charge on any atom is -0.492 e. The Hall–Kier alpha value is -4.53. The number of carboxylic acid groups (broad SMARTS) is 1. The molecule has 0 saturated carbocycles. The molecule has 0 aliphatic heterocycles. The van der Waals surface area contributed by atoms with Gasteiger partial charge in [0.1, 0.15) is 44.8 Å². The van der Waals surface area contributed by atoms with Crippen LogP contribution < -0.4 is 15.4 Å². The van der Waals surface area contributed by atoms with E-state index < -0.39 is 24.1 Å². The fraction of sp³-hybridized carbons (Fsp3) is 0.475. The Bertz CT molecular complexity index is 1530. The number of alkyl carbamates (subject to hydrolysis) is 1. The number of hydrogen-bond acceptors (Lipinski definition) is 10. The first-order valence-corrected chi connectivity index (χ1v) is 18.1. The van der Waals surface area contributed by atoms with Gasteiger partial charge in [0.15, 0.2) is 0 Å². The zero-order valence-corrected chi connectivity index (χ0v) is 31.1. The SMILES string of the molecule is C[N+](C)(C)CCOCC(=O)OCCOCCOCCCNCCOc1ccc(CC(NC(=O)OCC2c3ccccc3-c3ccccc32)C(=O)O)cc1. The molecule has 1 unspecified atom stereocenters. The topological polar surface area (TPSA) is 151 Å². The number of benzene rings is 3. The number of esters is 1. The number of nitrogens with one attached hydrogen (secondary N) is 2. The number of rotatable bonds is 25. The van der Waals surface area contributed by atoms with E-state index in [0.717, 1.165) is 51.8 Å². The van der Waals surface area contributed by atoms with Crippen LogP contribution in [0.5, 0.6) is 5.75 Å². The van der Waals surface area contributed by atoms with Gasteiger partial charge >= 0.3 is 18.0 Å². The lowest BCUT2D eigenvalue weighted by Crippen LogP contribution is -2.42. The predicted molar refractivity (Wildman–Crippen MR) is 199 cm³/mol. The summed E-state index contributed by atoms with van der Waals surface area (Å²) in [5, 5.41) is 15.6. The number of amides is 1. The number of quaternary nitrogens is 1. The fourth-order valence-corrected chi connectivity index (χ4v) is 5.68. The summed E-state index contributed by atoms with van der Waals surface area (Å²) in [6.45, 7) is 5.20. The van der Waals surface area contributed by atoms with Crippen molar-refractivity contribution in [1.82, 2.24) is 10.6 Å². The molecule has 4 rings (SSSR count). The number of ether oxygens (including phenoxy) is 6. The standard InChI is InChI=1S/C40H53N3O10/c1-43(2,3)19-22-50-29-38(44)52-26-25-49-24-23-48-20-8-17-41-18-21-51-31-15-13-30(14-16-31)27-37(39(45)46)42-40(47)53-28-36-34-11-6-4-9-32(34)33-10-5-7-12-35(33)36/h4-7,9-16,36-37,41H,8,17-29H2,1-3H3,(H-,42,45,46,47)/p+1. The Kier molecular flexibility index (Phi) is 17.0. The van der Waals surface area contributed by atoms with Gasteiger partial charge in [-0.1, -0.05) is 60.7 Å². The minimum atomic E-state index is -1.15. The number of hydrogen-bond donors (Lipinski definition) is 3. The summed E-state index contributed by atoms with van der Waals surface area (Å²) in [5.41, 5.74) is 5.14. The van der Waals surface area contributed by atoms with Crippen molar-refractivity contribution in [2.45, 2.75) is 24.8 Å². The van der Waals surface area contributed by atoms with E-state index in [4.69, 9.17) is 28.4 Å². The maximum absolute atomic E-state index is 12.7. The van der Waals surface area contributed by atoms with Crippen molar-refractivity contribution in [2.75, 3.05) is 100 Å². The molecule has 1 amide bonds. The highest BCUT2D eigenvalue weighted by molar-refractivity contribution is 5.81. The van der Waals surface area contributed by atoms with Gasteiger partial charge in [0.25, 0.3) is 0 Å². The number of likely N-dealkylation sites (N-methyl/N-ethyl adjacent to an activating group) is 1. The summed E-state index contributed by atoms with van der Waals surface area (Å²) in [5.74, 6) is -0.996. The molecular formula is C40H54N3O10+. The molecule has 13 nitrogen and oxygen atoms in total. The van der Waals surface area contributed by atoms with Crippen LogP contribution in [0, 0.1) is 0 Å². The monoisotopic (exact) mass is 736 g/mol. The maximum Gasteiger partial charge on any atom is 0.407 e. The van der Waals surface area contributed by atoms with Crippen molar-refractivity contribution in [1.29, 1.82) is 0 Å². The van der Waals surface area contributed by atoms with Crippen molar-refractivity contribution in [3.63, 3.8) is 0 Å². The van der Waals surface area contributed by atoms with Crippen LogP contribution in [0.2, 0.25) is 0 Å². The minimum absolute atomic E-state index is 0.0540. The highest BCUT2D eigenvalue weighted by Crippen LogP contribution is 2.44. The third-order valence-corrected chi connectivity index (χ3v) is 8.48. The van der Waals surface area contributed by atoms with Crippen LogP contribution in [0.1, 0.15) is 29.0 Å². The molecule has 1 atom stereocenters. The highest BCUT2D eigenvalue weighted by atomic mass is 16.6. The molecule has 53 heavy (non-hydrogen) atoms. The van der Waals surface area contributed by atoms with Crippen LogP contribution in [-0.4, -0.2) is 134 Å². The number of fused-ring (bicyclic) bond motifs is 3. The summed E-state index contributed by atoms with van der Waals surface area (Å²) in [6, 6.07) is 22.1. The molecule has 3 aromatic rings. The third-order valence-electron chi connectivity index (χ3n) is 8.48. The van der Waals surface area contributed by atoms with Crippen LogP contribution in [0.25, 0.3) is 11.1 Å². The van der Waals surface area contributed by atoms with Crippen LogP contribution in [0.3, 0.4) is 0 Å². The summed E-state index contributed by atoms with van der Waals surface area (Å²) < 4.78 is 33.5. The quantitative estimate of drug-likeness (QED) is 0.0661. The number of carboxylic acids is 1. The Balaban J connectivity index is 1.00. The molecular weight excluding hydrogens is 682 g/mol. The number of aliphatic carboxylic acids is 1. The van der Waals surface area contributed by atoms with Gasteiger partial charge in [-0.2, -0.15) is 0 Å². The molecule has 0 fully saturated rings.